The Kier molecular flexibility index (Phi) is 5.97. The Labute approximate surface area is 136 Å². The molecule has 0 aliphatic carbocycles. The van der Waals surface area contributed by atoms with Crippen LogP contribution in [0.5, 0.6) is 5.75 Å². The molecule has 1 aliphatic rings. The molecule has 1 aliphatic heterocycles. The van der Waals surface area contributed by atoms with Crippen LogP contribution >= 0.6 is 0 Å². The first-order valence-corrected chi connectivity index (χ1v) is 9.02. The van der Waals surface area contributed by atoms with Gasteiger partial charge in [0.05, 0.1) is 7.11 Å². The Bertz CT molecular complexity index is 654. The van der Waals surface area contributed by atoms with Crippen molar-refractivity contribution < 1.29 is 23.1 Å². The summed E-state index contributed by atoms with van der Waals surface area (Å²) in [6.07, 6.45) is 2.12. The quantitative estimate of drug-likeness (QED) is 0.707. The second-order valence-electron chi connectivity index (χ2n) is 5.31. The van der Waals surface area contributed by atoms with Gasteiger partial charge in [0.1, 0.15) is 10.6 Å². The highest BCUT2D eigenvalue weighted by atomic mass is 32.2. The fourth-order valence-electron chi connectivity index (χ4n) is 2.47. The molecule has 1 amide bonds. The van der Waals surface area contributed by atoms with Gasteiger partial charge in [-0.15, -0.1) is 0 Å². The summed E-state index contributed by atoms with van der Waals surface area (Å²) in [6.45, 7) is 1.28. The lowest BCUT2D eigenvalue weighted by Crippen LogP contribution is -2.29. The van der Waals surface area contributed by atoms with Gasteiger partial charge in [0.15, 0.2) is 0 Å². The molecule has 0 spiro atoms. The Hall–Kier alpha value is -1.64. The lowest BCUT2D eigenvalue weighted by Gasteiger charge is -2.18. The van der Waals surface area contributed by atoms with E-state index in [0.717, 1.165) is 12.8 Å². The summed E-state index contributed by atoms with van der Waals surface area (Å²) in [5, 5.41) is 11.4. The van der Waals surface area contributed by atoms with Crippen LogP contribution in [0.2, 0.25) is 0 Å². The van der Waals surface area contributed by atoms with Gasteiger partial charge in [-0.05, 0) is 37.5 Å². The van der Waals surface area contributed by atoms with Crippen molar-refractivity contribution in [1.82, 2.24) is 9.62 Å². The maximum atomic E-state index is 12.7. The van der Waals surface area contributed by atoms with Crippen molar-refractivity contribution in [3.63, 3.8) is 0 Å². The molecule has 1 aromatic rings. The summed E-state index contributed by atoms with van der Waals surface area (Å²) in [4.78, 5) is 12.1. The second kappa shape index (κ2) is 7.76. The van der Waals surface area contributed by atoms with Crippen LogP contribution in [0.4, 0.5) is 0 Å². The van der Waals surface area contributed by atoms with Crippen LogP contribution in [0.15, 0.2) is 23.1 Å². The monoisotopic (exact) mass is 342 g/mol. The molecule has 23 heavy (non-hydrogen) atoms. The molecular weight excluding hydrogens is 320 g/mol. The van der Waals surface area contributed by atoms with Crippen molar-refractivity contribution in [2.45, 2.75) is 24.2 Å². The predicted molar refractivity (Wildman–Crippen MR) is 85.0 cm³/mol. The summed E-state index contributed by atoms with van der Waals surface area (Å²) >= 11 is 0. The van der Waals surface area contributed by atoms with Crippen molar-refractivity contribution in [3.8, 4) is 5.75 Å². The summed E-state index contributed by atoms with van der Waals surface area (Å²) in [6, 6.07) is 4.36. The van der Waals surface area contributed by atoms with Crippen LogP contribution in [-0.2, 0) is 10.0 Å². The molecule has 2 rings (SSSR count). The molecule has 1 aromatic carbocycles. The number of amides is 1. The molecule has 0 unspecified atom stereocenters. The number of nitrogens with zero attached hydrogens (tertiary/aromatic N) is 1. The first-order chi connectivity index (χ1) is 11.0. The molecule has 128 valence electrons. The first kappa shape index (κ1) is 17.7. The van der Waals surface area contributed by atoms with E-state index in [-0.39, 0.29) is 28.7 Å². The van der Waals surface area contributed by atoms with Gasteiger partial charge in [-0.25, -0.2) is 8.42 Å². The molecule has 0 radical (unpaired) electrons. The Morgan fingerprint density at radius 3 is 2.65 bits per heavy atom. The van der Waals surface area contributed by atoms with E-state index in [1.54, 1.807) is 0 Å². The molecule has 0 aromatic heterocycles. The largest absolute Gasteiger partial charge is 0.495 e. The summed E-state index contributed by atoms with van der Waals surface area (Å²) < 4.78 is 32.0. The molecule has 0 saturated carbocycles. The van der Waals surface area contributed by atoms with Gasteiger partial charge < -0.3 is 15.2 Å². The fraction of sp³-hybridized carbons (Fsp3) is 0.533. The lowest BCUT2D eigenvalue weighted by molar-refractivity contribution is 0.0951. The van der Waals surface area contributed by atoms with Crippen molar-refractivity contribution in [2.75, 3.05) is 33.4 Å². The Balaban J connectivity index is 2.30. The number of hydrogen-bond donors (Lipinski definition) is 2. The van der Waals surface area contributed by atoms with Crippen molar-refractivity contribution in [3.05, 3.63) is 23.8 Å². The van der Waals surface area contributed by atoms with Crippen LogP contribution in [-0.4, -0.2) is 57.1 Å². The summed E-state index contributed by atoms with van der Waals surface area (Å²) in [5.74, 6) is -0.150. The van der Waals surface area contributed by atoms with Crippen LogP contribution < -0.4 is 10.1 Å². The van der Waals surface area contributed by atoms with Gasteiger partial charge in [0.2, 0.25) is 10.0 Å². The topological polar surface area (TPSA) is 95.9 Å². The Morgan fingerprint density at radius 2 is 2.04 bits per heavy atom. The highest BCUT2D eigenvalue weighted by molar-refractivity contribution is 7.89. The lowest BCUT2D eigenvalue weighted by atomic mass is 10.2. The van der Waals surface area contributed by atoms with Gasteiger partial charge in [-0.1, -0.05) is 0 Å². The average molecular weight is 342 g/mol. The van der Waals surface area contributed by atoms with Gasteiger partial charge in [-0.3, -0.25) is 4.79 Å². The highest BCUT2D eigenvalue weighted by Crippen LogP contribution is 2.29. The van der Waals surface area contributed by atoms with Crippen molar-refractivity contribution >= 4 is 15.9 Å². The van der Waals surface area contributed by atoms with E-state index in [1.165, 1.54) is 29.6 Å². The summed E-state index contributed by atoms with van der Waals surface area (Å²) in [5.41, 5.74) is 0.251. The minimum atomic E-state index is -3.67. The molecule has 2 N–H and O–H groups in total. The zero-order chi connectivity index (χ0) is 16.9. The predicted octanol–water partition coefficient (Wildman–Crippen LogP) is 0.592. The maximum absolute atomic E-state index is 12.7. The number of aliphatic hydroxyl groups excluding tert-OH is 1. The number of benzene rings is 1. The van der Waals surface area contributed by atoms with Crippen LogP contribution in [0, 0.1) is 0 Å². The minimum Gasteiger partial charge on any atom is -0.495 e. The number of hydrogen-bond acceptors (Lipinski definition) is 5. The second-order valence-corrected chi connectivity index (χ2v) is 7.22. The smallest absolute Gasteiger partial charge is 0.251 e. The van der Waals surface area contributed by atoms with Crippen molar-refractivity contribution in [1.29, 1.82) is 0 Å². The Morgan fingerprint density at radius 1 is 1.35 bits per heavy atom. The normalized spacial score (nSPS) is 15.6. The van der Waals surface area contributed by atoms with E-state index >= 15 is 0 Å². The highest BCUT2D eigenvalue weighted by Gasteiger charge is 2.30. The van der Waals surface area contributed by atoms with Crippen LogP contribution in [0.3, 0.4) is 0 Å². The van der Waals surface area contributed by atoms with E-state index in [1.807, 2.05) is 0 Å². The maximum Gasteiger partial charge on any atom is 0.251 e. The third-order valence-corrected chi connectivity index (χ3v) is 5.65. The zero-order valence-electron chi connectivity index (χ0n) is 13.1. The number of carbonyl (C=O) groups excluding carboxylic acids is 1. The standard InChI is InChI=1S/C15H22N2O5S/c1-22-13-6-5-12(15(19)16-7-4-10-18)11-14(13)23(20,21)17-8-2-3-9-17/h5-6,11,18H,2-4,7-10H2,1H3,(H,16,19). The number of rotatable bonds is 7. The van der Waals surface area contributed by atoms with Crippen molar-refractivity contribution in [2.24, 2.45) is 0 Å². The molecule has 7 nitrogen and oxygen atoms in total. The van der Waals surface area contributed by atoms with Crippen LogP contribution in [0.1, 0.15) is 29.6 Å². The molecule has 1 heterocycles. The van der Waals surface area contributed by atoms with E-state index in [0.29, 0.717) is 26.1 Å². The third kappa shape index (κ3) is 4.01. The molecule has 8 heteroatoms. The first-order valence-electron chi connectivity index (χ1n) is 7.58. The zero-order valence-corrected chi connectivity index (χ0v) is 13.9. The number of methoxy groups -OCH3 is 1. The number of ether oxygens (including phenoxy) is 1. The van der Waals surface area contributed by atoms with E-state index < -0.39 is 10.0 Å². The average Bonchev–Trinajstić information content (AvgIpc) is 3.09. The van der Waals surface area contributed by atoms with E-state index in [4.69, 9.17) is 9.84 Å². The number of aliphatic hydroxyl groups is 1. The third-order valence-electron chi connectivity index (χ3n) is 3.73. The fourth-order valence-corrected chi connectivity index (χ4v) is 4.17. The van der Waals surface area contributed by atoms with Gasteiger partial charge in [0.25, 0.3) is 5.91 Å². The molecule has 1 saturated heterocycles. The van der Waals surface area contributed by atoms with Gasteiger partial charge >= 0.3 is 0 Å². The minimum absolute atomic E-state index is 0.0108. The SMILES string of the molecule is COc1ccc(C(=O)NCCCO)cc1S(=O)(=O)N1CCCC1. The molecule has 1 fully saturated rings. The molecular formula is C15H22N2O5S. The number of carbonyl (C=O) groups is 1. The number of sulfonamides is 1. The molecule has 0 atom stereocenters. The number of nitrogens with one attached hydrogen (secondary N) is 1. The van der Waals surface area contributed by atoms with Gasteiger partial charge in [-0.2, -0.15) is 4.31 Å². The molecule has 0 bridgehead atoms. The van der Waals surface area contributed by atoms with Crippen LogP contribution in [0.25, 0.3) is 0 Å². The summed E-state index contributed by atoms with van der Waals surface area (Å²) in [7, 11) is -2.27. The van der Waals surface area contributed by atoms with E-state index in [9.17, 15) is 13.2 Å². The van der Waals surface area contributed by atoms with Gasteiger partial charge in [0, 0.05) is 31.8 Å². The van der Waals surface area contributed by atoms with E-state index in [2.05, 4.69) is 5.32 Å².